The molecule has 4 rings (SSSR count). The molecule has 0 spiro atoms. The third-order valence-corrected chi connectivity index (χ3v) is 5.93. The van der Waals surface area contributed by atoms with E-state index in [1.807, 2.05) is 6.92 Å². The summed E-state index contributed by atoms with van der Waals surface area (Å²) in [5.41, 5.74) is 3.43. The number of nitrogens with one attached hydrogen (secondary N) is 1. The van der Waals surface area contributed by atoms with Crippen molar-refractivity contribution in [1.29, 1.82) is 0 Å². The predicted molar refractivity (Wildman–Crippen MR) is 119 cm³/mol. The van der Waals surface area contributed by atoms with E-state index < -0.39 is 11.9 Å². The first-order chi connectivity index (χ1) is 15.4. The van der Waals surface area contributed by atoms with Crippen LogP contribution in [0.4, 0.5) is 10.1 Å². The number of nitrogens with zero attached hydrogens (tertiary/aromatic N) is 4. The average Bonchev–Trinajstić information content (AvgIpc) is 3.22. The zero-order chi connectivity index (χ0) is 22.8. The molecule has 8 nitrogen and oxygen atoms in total. The fourth-order valence-electron chi connectivity index (χ4n) is 4.29. The highest BCUT2D eigenvalue weighted by Crippen LogP contribution is 2.38. The van der Waals surface area contributed by atoms with Crippen molar-refractivity contribution in [2.75, 3.05) is 25.1 Å². The highest BCUT2D eigenvalue weighted by atomic mass is 19.1. The topological polar surface area (TPSA) is 93.2 Å². The number of anilines is 1. The van der Waals surface area contributed by atoms with Crippen LogP contribution < -0.4 is 9.64 Å². The number of fused-ring (bicyclic) bond motifs is 1. The smallest absolute Gasteiger partial charge is 0.362 e. The van der Waals surface area contributed by atoms with Crippen molar-refractivity contribution in [3.63, 3.8) is 0 Å². The van der Waals surface area contributed by atoms with E-state index in [-0.39, 0.29) is 23.5 Å². The summed E-state index contributed by atoms with van der Waals surface area (Å²) in [4.78, 5) is 23.5. The summed E-state index contributed by atoms with van der Waals surface area (Å²) in [6, 6.07) is 2.51. The molecule has 0 radical (unpaired) electrons. The van der Waals surface area contributed by atoms with Gasteiger partial charge in [-0.2, -0.15) is 9.49 Å². The second kappa shape index (κ2) is 9.20. The van der Waals surface area contributed by atoms with Gasteiger partial charge in [-0.05, 0) is 31.2 Å². The Morgan fingerprint density at radius 3 is 2.72 bits per heavy atom. The Kier molecular flexibility index (Phi) is 6.36. The minimum atomic E-state index is -0.718. The number of H-pyrrole nitrogens is 1. The molecular formula is C23H28FN5O3. The molecule has 3 aromatic rings. The van der Waals surface area contributed by atoms with E-state index in [9.17, 15) is 9.18 Å². The summed E-state index contributed by atoms with van der Waals surface area (Å²) in [5, 5.41) is 8.46. The number of ether oxygens (including phenoxy) is 2. The molecule has 3 aromatic heterocycles. The van der Waals surface area contributed by atoms with E-state index in [0.29, 0.717) is 12.1 Å². The Balaban J connectivity index is 1.83. The zero-order valence-corrected chi connectivity index (χ0v) is 18.8. The normalized spacial score (nSPS) is 15.0. The van der Waals surface area contributed by atoms with Gasteiger partial charge in [0.15, 0.2) is 11.3 Å². The predicted octanol–water partition coefficient (Wildman–Crippen LogP) is 4.01. The number of rotatable bonds is 6. The first-order valence-electron chi connectivity index (χ1n) is 10.9. The Hall–Kier alpha value is -3.07. The Morgan fingerprint density at radius 2 is 2.09 bits per heavy atom. The van der Waals surface area contributed by atoms with Crippen LogP contribution in [0, 0.1) is 5.95 Å². The van der Waals surface area contributed by atoms with Gasteiger partial charge in [0.05, 0.1) is 17.2 Å². The third kappa shape index (κ3) is 4.17. The van der Waals surface area contributed by atoms with Crippen LogP contribution >= 0.6 is 0 Å². The minimum absolute atomic E-state index is 0.0822. The van der Waals surface area contributed by atoms with Crippen LogP contribution in [0.25, 0.3) is 11.0 Å². The number of carbonyl (C=O) groups excluding carboxylic acids is 1. The Labute approximate surface area is 186 Å². The van der Waals surface area contributed by atoms with Crippen LogP contribution in [-0.2, 0) is 11.2 Å². The molecule has 9 heteroatoms. The van der Waals surface area contributed by atoms with Crippen molar-refractivity contribution in [1.82, 2.24) is 20.2 Å². The van der Waals surface area contributed by atoms with Gasteiger partial charge in [-0.3, -0.25) is 5.10 Å². The van der Waals surface area contributed by atoms with Crippen molar-refractivity contribution in [2.45, 2.75) is 52.1 Å². The molecular weight excluding hydrogens is 413 g/mol. The maximum absolute atomic E-state index is 13.5. The summed E-state index contributed by atoms with van der Waals surface area (Å²) in [5.74, 6) is -1.07. The molecule has 0 amide bonds. The number of pyridine rings is 2. The Morgan fingerprint density at radius 1 is 1.34 bits per heavy atom. The summed E-state index contributed by atoms with van der Waals surface area (Å²) in [6.07, 6.45) is 3.86. The standard InChI is InChI=1S/C23H28FN5O3/c1-5-16-20(23(30)32-15-6-9-25-17(24)12-15)26-22-18(19(13(2)3)27-28-22)21(16)29-10-7-14(31-4)8-11-29/h6,9,12-14H,5,7-8,10-11H2,1-4H3,(H,26,27,28). The van der Waals surface area contributed by atoms with Gasteiger partial charge in [-0.1, -0.05) is 20.8 Å². The summed E-state index contributed by atoms with van der Waals surface area (Å²) in [7, 11) is 1.74. The maximum Gasteiger partial charge on any atom is 0.362 e. The fourth-order valence-corrected chi connectivity index (χ4v) is 4.29. The molecule has 0 bridgehead atoms. The molecule has 0 atom stereocenters. The van der Waals surface area contributed by atoms with Gasteiger partial charge in [0.1, 0.15) is 5.75 Å². The van der Waals surface area contributed by atoms with Crippen molar-refractivity contribution in [2.24, 2.45) is 0 Å². The minimum Gasteiger partial charge on any atom is -0.422 e. The molecule has 1 fully saturated rings. The lowest BCUT2D eigenvalue weighted by atomic mass is 9.97. The summed E-state index contributed by atoms with van der Waals surface area (Å²) >= 11 is 0. The van der Waals surface area contributed by atoms with Crippen LogP contribution in [0.1, 0.15) is 61.3 Å². The van der Waals surface area contributed by atoms with E-state index in [2.05, 4.69) is 38.9 Å². The van der Waals surface area contributed by atoms with Crippen molar-refractivity contribution in [3.05, 3.63) is 41.2 Å². The monoisotopic (exact) mass is 441 g/mol. The third-order valence-electron chi connectivity index (χ3n) is 5.93. The highest BCUT2D eigenvalue weighted by Gasteiger charge is 2.30. The number of esters is 1. The molecule has 4 heterocycles. The van der Waals surface area contributed by atoms with E-state index in [1.54, 1.807) is 7.11 Å². The van der Waals surface area contributed by atoms with Crippen LogP contribution in [0.15, 0.2) is 18.3 Å². The van der Waals surface area contributed by atoms with E-state index >= 15 is 0 Å². The van der Waals surface area contributed by atoms with E-state index in [1.165, 1.54) is 12.3 Å². The van der Waals surface area contributed by atoms with Gasteiger partial charge in [-0.15, -0.1) is 0 Å². The number of methoxy groups -OCH3 is 1. The zero-order valence-electron chi connectivity index (χ0n) is 18.8. The summed E-state index contributed by atoms with van der Waals surface area (Å²) in [6.45, 7) is 7.79. The number of piperidine rings is 1. The SMILES string of the molecule is CCc1c(C(=O)Oc2ccnc(F)c2)nc2n[nH]c(C(C)C)c2c1N1CCC(OC)CC1. The average molecular weight is 442 g/mol. The molecule has 0 aromatic carbocycles. The maximum atomic E-state index is 13.5. The molecule has 32 heavy (non-hydrogen) atoms. The first kappa shape index (κ1) is 22.1. The van der Waals surface area contributed by atoms with Gasteiger partial charge in [0, 0.05) is 43.7 Å². The number of carbonyl (C=O) groups is 1. The quantitative estimate of drug-likeness (QED) is 0.456. The second-order valence-corrected chi connectivity index (χ2v) is 8.26. The van der Waals surface area contributed by atoms with E-state index in [4.69, 9.17) is 9.47 Å². The van der Waals surface area contributed by atoms with Crippen LogP contribution in [0.3, 0.4) is 0 Å². The highest BCUT2D eigenvalue weighted by molar-refractivity contribution is 6.01. The molecule has 0 aliphatic carbocycles. The fraction of sp³-hybridized carbons (Fsp3) is 0.478. The molecule has 0 saturated carbocycles. The molecule has 1 N–H and O–H groups in total. The number of hydrogen-bond donors (Lipinski definition) is 1. The lowest BCUT2D eigenvalue weighted by molar-refractivity contribution is 0.0726. The van der Waals surface area contributed by atoms with Gasteiger partial charge in [0.2, 0.25) is 5.95 Å². The summed E-state index contributed by atoms with van der Waals surface area (Å²) < 4.78 is 24.5. The van der Waals surface area contributed by atoms with Gasteiger partial charge >= 0.3 is 5.97 Å². The van der Waals surface area contributed by atoms with Crippen LogP contribution in [-0.4, -0.2) is 52.4 Å². The molecule has 1 aliphatic heterocycles. The van der Waals surface area contributed by atoms with Gasteiger partial charge in [-0.25, -0.2) is 14.8 Å². The number of aromatic amines is 1. The number of hydrogen-bond acceptors (Lipinski definition) is 7. The first-order valence-corrected chi connectivity index (χ1v) is 10.9. The second-order valence-electron chi connectivity index (χ2n) is 8.26. The Bertz CT molecular complexity index is 1120. The lowest BCUT2D eigenvalue weighted by Gasteiger charge is -2.35. The van der Waals surface area contributed by atoms with Crippen molar-refractivity contribution >= 4 is 22.7 Å². The number of aromatic nitrogens is 4. The lowest BCUT2D eigenvalue weighted by Crippen LogP contribution is -2.37. The van der Waals surface area contributed by atoms with Gasteiger partial charge < -0.3 is 14.4 Å². The molecule has 170 valence electrons. The van der Waals surface area contributed by atoms with Crippen molar-refractivity contribution in [3.8, 4) is 5.75 Å². The van der Waals surface area contributed by atoms with Gasteiger partial charge in [0.25, 0.3) is 0 Å². The number of halogens is 1. The molecule has 1 aliphatic rings. The molecule has 0 unspecified atom stereocenters. The van der Waals surface area contributed by atoms with Crippen LogP contribution in [0.5, 0.6) is 5.75 Å². The largest absolute Gasteiger partial charge is 0.422 e. The van der Waals surface area contributed by atoms with E-state index in [0.717, 1.165) is 54.3 Å². The van der Waals surface area contributed by atoms with Crippen LogP contribution in [0.2, 0.25) is 0 Å². The molecule has 1 saturated heterocycles. The van der Waals surface area contributed by atoms with Crippen molar-refractivity contribution < 1.29 is 18.7 Å².